The van der Waals surface area contributed by atoms with E-state index in [1.807, 2.05) is 60.7 Å². The molecule has 6 rings (SSSR count). The van der Waals surface area contributed by atoms with Crippen molar-refractivity contribution in [3.63, 3.8) is 0 Å². The van der Waals surface area contributed by atoms with Crippen LogP contribution in [0.4, 0.5) is 0 Å². The van der Waals surface area contributed by atoms with Crippen LogP contribution in [0.25, 0.3) is 32.9 Å². The van der Waals surface area contributed by atoms with Crippen molar-refractivity contribution < 1.29 is 28.5 Å². The number of amides is 2. The monoisotopic (exact) mass is 522 g/mol. The van der Waals surface area contributed by atoms with Gasteiger partial charge in [0.25, 0.3) is 11.8 Å². The second-order valence-electron chi connectivity index (χ2n) is 9.23. The van der Waals surface area contributed by atoms with Crippen molar-refractivity contribution in [2.24, 2.45) is 0 Å². The van der Waals surface area contributed by atoms with Gasteiger partial charge in [0.1, 0.15) is 5.75 Å². The predicted molar refractivity (Wildman–Crippen MR) is 148 cm³/mol. The third kappa shape index (κ3) is 3.75. The van der Waals surface area contributed by atoms with Crippen molar-refractivity contribution in [3.8, 4) is 34.1 Å². The standard InChI is InChI=1S/C31H26N2O6/c1-36-19-10-11-20-23(14-19)32-28-26(20)21(18-12-24(37-2)29(39-4)25(13-18)38-3)15-22-27(28)31(35)33(30(22)34)16-17-8-6-5-7-9-17/h5-15,32H,16H2,1-4H3. The van der Waals surface area contributed by atoms with Gasteiger partial charge in [0.2, 0.25) is 5.75 Å². The van der Waals surface area contributed by atoms with Crippen molar-refractivity contribution in [1.82, 2.24) is 9.88 Å². The van der Waals surface area contributed by atoms with Gasteiger partial charge in [-0.15, -0.1) is 0 Å². The van der Waals surface area contributed by atoms with Crippen molar-refractivity contribution in [1.29, 1.82) is 0 Å². The Morgan fingerprint density at radius 3 is 2.10 bits per heavy atom. The first kappa shape index (κ1) is 24.4. The van der Waals surface area contributed by atoms with Gasteiger partial charge in [-0.3, -0.25) is 14.5 Å². The summed E-state index contributed by atoms with van der Waals surface area (Å²) in [5.74, 6) is 1.42. The molecule has 0 atom stereocenters. The number of imide groups is 1. The van der Waals surface area contributed by atoms with E-state index in [-0.39, 0.29) is 18.4 Å². The van der Waals surface area contributed by atoms with Gasteiger partial charge in [0.05, 0.1) is 57.1 Å². The number of H-pyrrole nitrogens is 1. The van der Waals surface area contributed by atoms with Gasteiger partial charge in [0.15, 0.2) is 11.5 Å². The van der Waals surface area contributed by atoms with Crippen LogP contribution in [0.15, 0.2) is 66.7 Å². The minimum atomic E-state index is -0.342. The van der Waals surface area contributed by atoms with Crippen LogP contribution in [0.5, 0.6) is 23.0 Å². The molecule has 0 spiro atoms. The molecule has 0 saturated heterocycles. The van der Waals surface area contributed by atoms with Gasteiger partial charge < -0.3 is 23.9 Å². The van der Waals surface area contributed by atoms with Crippen LogP contribution >= 0.6 is 0 Å². The molecule has 196 valence electrons. The first-order valence-electron chi connectivity index (χ1n) is 12.4. The average molecular weight is 523 g/mol. The topological polar surface area (TPSA) is 90.1 Å². The van der Waals surface area contributed by atoms with Gasteiger partial charge in [-0.1, -0.05) is 30.3 Å². The van der Waals surface area contributed by atoms with Gasteiger partial charge in [-0.05, 0) is 47.0 Å². The quantitative estimate of drug-likeness (QED) is 0.271. The molecule has 2 heterocycles. The molecule has 2 amide bonds. The molecule has 4 aromatic carbocycles. The highest BCUT2D eigenvalue weighted by molar-refractivity contribution is 6.30. The maximum atomic E-state index is 13.8. The molecule has 8 heteroatoms. The number of hydrogen-bond donors (Lipinski definition) is 1. The molecular formula is C31H26N2O6. The molecule has 1 aliphatic rings. The van der Waals surface area contributed by atoms with E-state index in [4.69, 9.17) is 18.9 Å². The molecule has 0 fully saturated rings. The van der Waals surface area contributed by atoms with Gasteiger partial charge >= 0.3 is 0 Å². The summed E-state index contributed by atoms with van der Waals surface area (Å²) in [4.78, 5) is 32.2. The zero-order valence-electron chi connectivity index (χ0n) is 22.0. The number of ether oxygens (including phenoxy) is 4. The average Bonchev–Trinajstić information content (AvgIpc) is 3.46. The fourth-order valence-corrected chi connectivity index (χ4v) is 5.33. The Morgan fingerprint density at radius 1 is 0.744 bits per heavy atom. The summed E-state index contributed by atoms with van der Waals surface area (Å²) in [7, 11) is 6.26. The van der Waals surface area contributed by atoms with E-state index in [2.05, 4.69) is 4.98 Å². The van der Waals surface area contributed by atoms with Crippen molar-refractivity contribution in [2.75, 3.05) is 28.4 Å². The smallest absolute Gasteiger partial charge is 0.264 e. The SMILES string of the molecule is COc1ccc2c(c1)[nH]c1c3c(cc(-c4cc(OC)c(OC)c(OC)c4)c12)C(=O)N(Cc1ccccc1)C3=O. The zero-order chi connectivity index (χ0) is 27.3. The number of nitrogens with one attached hydrogen (secondary N) is 1. The van der Waals surface area contributed by atoms with E-state index >= 15 is 0 Å². The molecule has 0 saturated carbocycles. The highest BCUT2D eigenvalue weighted by atomic mass is 16.5. The van der Waals surface area contributed by atoms with Crippen LogP contribution in [-0.4, -0.2) is 50.1 Å². The highest BCUT2D eigenvalue weighted by Gasteiger charge is 2.39. The third-order valence-electron chi connectivity index (χ3n) is 7.18. The third-order valence-corrected chi connectivity index (χ3v) is 7.18. The fourth-order valence-electron chi connectivity index (χ4n) is 5.33. The molecular weight excluding hydrogens is 496 g/mol. The lowest BCUT2D eigenvalue weighted by Crippen LogP contribution is -2.29. The molecule has 1 aliphatic heterocycles. The number of rotatable bonds is 7. The number of hydrogen-bond acceptors (Lipinski definition) is 6. The molecule has 5 aromatic rings. The van der Waals surface area contributed by atoms with Crippen molar-refractivity contribution in [3.05, 3.63) is 83.4 Å². The Labute approximate surface area is 224 Å². The first-order chi connectivity index (χ1) is 19.0. The van der Waals surface area contributed by atoms with Crippen LogP contribution in [0, 0.1) is 0 Å². The summed E-state index contributed by atoms with van der Waals surface area (Å²) < 4.78 is 22.2. The normalized spacial score (nSPS) is 12.8. The Hall–Kier alpha value is -4.98. The number of aromatic amines is 1. The number of carbonyl (C=O) groups excluding carboxylic acids is 2. The molecule has 0 bridgehead atoms. The van der Waals surface area contributed by atoms with Crippen LogP contribution < -0.4 is 18.9 Å². The van der Waals surface area contributed by atoms with Crippen LogP contribution in [0.2, 0.25) is 0 Å². The number of carbonyl (C=O) groups is 2. The van der Waals surface area contributed by atoms with Crippen LogP contribution in [0.3, 0.4) is 0 Å². The van der Waals surface area contributed by atoms with Gasteiger partial charge in [-0.25, -0.2) is 0 Å². The molecule has 1 aromatic heterocycles. The largest absolute Gasteiger partial charge is 0.497 e. The number of aromatic nitrogens is 1. The van der Waals surface area contributed by atoms with Crippen LogP contribution in [0.1, 0.15) is 26.3 Å². The van der Waals surface area contributed by atoms with Gasteiger partial charge in [-0.2, -0.15) is 0 Å². The molecule has 8 nitrogen and oxygen atoms in total. The minimum Gasteiger partial charge on any atom is -0.497 e. The summed E-state index contributed by atoms with van der Waals surface area (Å²) in [5.41, 5.74) is 4.44. The Bertz CT molecular complexity index is 1750. The fraction of sp³-hybridized carbons (Fsp3) is 0.161. The zero-order valence-corrected chi connectivity index (χ0v) is 22.0. The van der Waals surface area contributed by atoms with E-state index in [1.54, 1.807) is 34.5 Å². The van der Waals surface area contributed by atoms with E-state index in [1.165, 1.54) is 4.90 Å². The first-order valence-corrected chi connectivity index (χ1v) is 12.4. The maximum absolute atomic E-state index is 13.8. The second kappa shape index (κ2) is 9.40. The molecule has 0 radical (unpaired) electrons. The van der Waals surface area contributed by atoms with E-state index in [0.717, 1.165) is 33.0 Å². The number of benzene rings is 4. The summed E-state index contributed by atoms with van der Waals surface area (Å²) in [6.07, 6.45) is 0. The summed E-state index contributed by atoms with van der Waals surface area (Å²) >= 11 is 0. The number of methoxy groups -OCH3 is 4. The minimum absolute atomic E-state index is 0.183. The highest BCUT2D eigenvalue weighted by Crippen LogP contribution is 2.46. The van der Waals surface area contributed by atoms with E-state index in [0.29, 0.717) is 39.6 Å². The van der Waals surface area contributed by atoms with Crippen molar-refractivity contribution >= 4 is 33.6 Å². The maximum Gasteiger partial charge on any atom is 0.264 e. The van der Waals surface area contributed by atoms with E-state index in [9.17, 15) is 9.59 Å². The lowest BCUT2D eigenvalue weighted by atomic mass is 9.93. The summed E-state index contributed by atoms with van der Waals surface area (Å²) in [6, 6.07) is 20.6. The Kier molecular flexibility index (Phi) is 5.87. The molecule has 0 unspecified atom stereocenters. The molecule has 39 heavy (non-hydrogen) atoms. The second-order valence-corrected chi connectivity index (χ2v) is 9.23. The lowest BCUT2D eigenvalue weighted by molar-refractivity contribution is 0.0643. The Morgan fingerprint density at radius 2 is 1.46 bits per heavy atom. The Balaban J connectivity index is 1.64. The molecule has 1 N–H and O–H groups in total. The molecule has 0 aliphatic carbocycles. The summed E-state index contributed by atoms with van der Waals surface area (Å²) in [6.45, 7) is 0.183. The summed E-state index contributed by atoms with van der Waals surface area (Å²) in [5, 5.41) is 1.70. The lowest BCUT2D eigenvalue weighted by Gasteiger charge is -2.15. The number of nitrogens with zero attached hydrogens (tertiary/aromatic N) is 1. The van der Waals surface area contributed by atoms with Crippen molar-refractivity contribution in [2.45, 2.75) is 6.54 Å². The van der Waals surface area contributed by atoms with Gasteiger partial charge in [0, 0.05) is 16.8 Å². The van der Waals surface area contributed by atoms with Crippen LogP contribution in [-0.2, 0) is 6.54 Å². The van der Waals surface area contributed by atoms with E-state index < -0.39 is 0 Å². The number of fused-ring (bicyclic) bond motifs is 5. The predicted octanol–water partition coefficient (Wildman–Crippen LogP) is 5.82.